The molecule has 0 aliphatic carbocycles. The summed E-state index contributed by atoms with van der Waals surface area (Å²) in [7, 11) is 1.39. The molecule has 0 amide bonds. The molecule has 0 aromatic heterocycles. The number of benzene rings is 1. The first-order valence-electron chi connectivity index (χ1n) is 6.45. The lowest BCUT2D eigenvalue weighted by Gasteiger charge is -2.32. The second kappa shape index (κ2) is 6.06. The first kappa shape index (κ1) is 15.2. The van der Waals surface area contributed by atoms with Gasteiger partial charge in [0.2, 0.25) is 0 Å². The van der Waals surface area contributed by atoms with E-state index in [1.54, 1.807) is 6.07 Å². The number of carbonyl (C=O) groups is 1. The lowest BCUT2D eigenvalue weighted by atomic mass is 9.82. The fraction of sp³-hybridized carbons (Fsp3) is 0.400. The maximum Gasteiger partial charge on any atom is 0.336 e. The van der Waals surface area contributed by atoms with Gasteiger partial charge >= 0.3 is 5.97 Å². The van der Waals surface area contributed by atoms with Crippen LogP contribution in [0.5, 0.6) is 0 Å². The number of carbonyl (C=O) groups excluding carboxylic acids is 1. The molecule has 2 atom stereocenters. The zero-order chi connectivity index (χ0) is 14.9. The maximum absolute atomic E-state index is 12.1. The summed E-state index contributed by atoms with van der Waals surface area (Å²) in [5.41, 5.74) is 2.32. The molecule has 1 aromatic rings. The summed E-state index contributed by atoms with van der Waals surface area (Å²) in [6, 6.07) is 5.75. The Bertz CT molecular complexity index is 569. The van der Waals surface area contributed by atoms with Crippen molar-refractivity contribution < 1.29 is 9.53 Å². The summed E-state index contributed by atoms with van der Waals surface area (Å²) >= 11 is 12.4. The van der Waals surface area contributed by atoms with Crippen molar-refractivity contribution in [3.8, 4) is 0 Å². The van der Waals surface area contributed by atoms with Crippen LogP contribution in [0.25, 0.3) is 0 Å². The van der Waals surface area contributed by atoms with E-state index in [4.69, 9.17) is 27.9 Å². The van der Waals surface area contributed by atoms with Crippen molar-refractivity contribution in [2.24, 2.45) is 0 Å². The Morgan fingerprint density at radius 3 is 2.75 bits per heavy atom. The second-order valence-corrected chi connectivity index (χ2v) is 5.79. The molecule has 0 bridgehead atoms. The summed E-state index contributed by atoms with van der Waals surface area (Å²) in [4.78, 5) is 12.1. The molecule has 1 N–H and O–H groups in total. The van der Waals surface area contributed by atoms with Crippen LogP contribution in [0, 0.1) is 0 Å². The molecule has 5 heteroatoms. The van der Waals surface area contributed by atoms with E-state index >= 15 is 0 Å². The first-order valence-corrected chi connectivity index (χ1v) is 7.20. The van der Waals surface area contributed by atoms with Crippen molar-refractivity contribution >= 4 is 29.2 Å². The third-order valence-corrected chi connectivity index (χ3v) is 4.40. The zero-order valence-electron chi connectivity index (χ0n) is 11.7. The molecule has 108 valence electrons. The van der Waals surface area contributed by atoms with Gasteiger partial charge in [-0.1, -0.05) is 35.3 Å². The lowest BCUT2D eigenvalue weighted by Crippen LogP contribution is -2.35. The van der Waals surface area contributed by atoms with E-state index in [1.165, 1.54) is 7.11 Å². The van der Waals surface area contributed by atoms with Crippen molar-refractivity contribution in [2.45, 2.75) is 32.2 Å². The minimum Gasteiger partial charge on any atom is -0.466 e. The number of esters is 1. The Labute approximate surface area is 128 Å². The fourth-order valence-electron chi connectivity index (χ4n) is 2.72. The molecule has 0 radical (unpaired) electrons. The second-order valence-electron chi connectivity index (χ2n) is 5.01. The molecule has 1 aromatic carbocycles. The summed E-state index contributed by atoms with van der Waals surface area (Å²) in [5, 5.41) is 4.28. The van der Waals surface area contributed by atoms with Gasteiger partial charge in [0.1, 0.15) is 0 Å². The van der Waals surface area contributed by atoms with Crippen LogP contribution in [0.2, 0.25) is 10.0 Å². The Hall–Kier alpha value is -1.19. The average Bonchev–Trinajstić information content (AvgIpc) is 2.40. The Kier molecular flexibility index (Phi) is 4.61. The van der Waals surface area contributed by atoms with Gasteiger partial charge in [-0.25, -0.2) is 4.79 Å². The van der Waals surface area contributed by atoms with Crippen LogP contribution in [0.3, 0.4) is 0 Å². The molecular weight excluding hydrogens is 297 g/mol. The summed E-state index contributed by atoms with van der Waals surface area (Å²) in [6.07, 6.45) is 0.766. The number of ether oxygens (including phenoxy) is 1. The number of nitrogens with one attached hydrogen (secondary N) is 1. The highest BCUT2D eigenvalue weighted by molar-refractivity contribution is 6.42. The largest absolute Gasteiger partial charge is 0.466 e. The average molecular weight is 314 g/mol. The van der Waals surface area contributed by atoms with Gasteiger partial charge in [0, 0.05) is 17.7 Å². The van der Waals surface area contributed by atoms with Crippen molar-refractivity contribution in [1.82, 2.24) is 5.32 Å². The van der Waals surface area contributed by atoms with Crippen LogP contribution in [0.15, 0.2) is 29.5 Å². The van der Waals surface area contributed by atoms with Crippen molar-refractivity contribution in [1.29, 1.82) is 0 Å². The molecular formula is C15H17Cl2NO2. The highest BCUT2D eigenvalue weighted by Crippen LogP contribution is 2.40. The Morgan fingerprint density at radius 1 is 1.40 bits per heavy atom. The SMILES string of the molecule is COC(=O)C1=C(C)NC(C)CC1c1cccc(Cl)c1Cl. The molecule has 1 aliphatic heterocycles. The smallest absolute Gasteiger partial charge is 0.336 e. The third kappa shape index (κ3) is 2.79. The predicted molar refractivity (Wildman–Crippen MR) is 81.1 cm³/mol. The van der Waals surface area contributed by atoms with Crippen LogP contribution >= 0.6 is 23.2 Å². The molecule has 1 heterocycles. The molecule has 3 nitrogen and oxygen atoms in total. The summed E-state index contributed by atoms with van der Waals surface area (Å²) < 4.78 is 4.90. The number of halogens is 2. The van der Waals surface area contributed by atoms with Gasteiger partial charge < -0.3 is 10.1 Å². The van der Waals surface area contributed by atoms with Gasteiger partial charge in [-0.15, -0.1) is 0 Å². The van der Waals surface area contributed by atoms with Crippen LogP contribution in [-0.4, -0.2) is 19.1 Å². The van der Waals surface area contributed by atoms with Gasteiger partial charge in [-0.3, -0.25) is 0 Å². The minimum atomic E-state index is -0.331. The van der Waals surface area contributed by atoms with Crippen molar-refractivity contribution in [3.05, 3.63) is 45.1 Å². The third-order valence-electron chi connectivity index (χ3n) is 3.57. The molecule has 2 rings (SSSR count). The monoisotopic (exact) mass is 313 g/mol. The van der Waals surface area contributed by atoms with Crippen molar-refractivity contribution in [3.63, 3.8) is 0 Å². The van der Waals surface area contributed by atoms with E-state index in [9.17, 15) is 4.79 Å². The molecule has 0 spiro atoms. The predicted octanol–water partition coefficient (Wildman–Crippen LogP) is 3.91. The number of methoxy groups -OCH3 is 1. The van der Waals surface area contributed by atoms with Crippen LogP contribution in [0.4, 0.5) is 0 Å². The summed E-state index contributed by atoms with van der Waals surface area (Å²) in [6.45, 7) is 3.95. The Balaban J connectivity index is 2.54. The number of hydrogen-bond donors (Lipinski definition) is 1. The van der Waals surface area contributed by atoms with E-state index < -0.39 is 0 Å². The van der Waals surface area contributed by atoms with Crippen molar-refractivity contribution in [2.75, 3.05) is 7.11 Å². The normalized spacial score (nSPS) is 22.4. The highest BCUT2D eigenvalue weighted by Gasteiger charge is 2.32. The van der Waals surface area contributed by atoms with Gasteiger partial charge in [-0.2, -0.15) is 0 Å². The highest BCUT2D eigenvalue weighted by atomic mass is 35.5. The molecule has 1 aliphatic rings. The molecule has 2 unspecified atom stereocenters. The zero-order valence-corrected chi connectivity index (χ0v) is 13.2. The maximum atomic E-state index is 12.1. The van der Waals surface area contributed by atoms with Crippen LogP contribution < -0.4 is 5.32 Å². The van der Waals surface area contributed by atoms with E-state index in [1.807, 2.05) is 19.1 Å². The molecule has 0 fully saturated rings. The van der Waals surface area contributed by atoms with Gasteiger partial charge in [0.05, 0.1) is 22.7 Å². The molecule has 0 saturated carbocycles. The standard InChI is InChI=1S/C15H17Cl2NO2/c1-8-7-11(10-5-4-6-12(16)14(10)17)13(9(2)18-8)15(19)20-3/h4-6,8,11,18H,7H2,1-3H3. The summed E-state index contributed by atoms with van der Waals surface area (Å²) in [5.74, 6) is -0.437. The minimum absolute atomic E-state index is 0.107. The lowest BCUT2D eigenvalue weighted by molar-refractivity contribution is -0.136. The van der Waals surface area contributed by atoms with Crippen LogP contribution in [-0.2, 0) is 9.53 Å². The van der Waals surface area contributed by atoms with E-state index in [0.717, 1.165) is 17.7 Å². The van der Waals surface area contributed by atoms with E-state index in [-0.39, 0.29) is 17.9 Å². The number of hydrogen-bond acceptors (Lipinski definition) is 3. The van der Waals surface area contributed by atoms with E-state index in [2.05, 4.69) is 12.2 Å². The first-order chi connectivity index (χ1) is 9.45. The van der Waals surface area contributed by atoms with Gasteiger partial charge in [-0.05, 0) is 31.9 Å². The fourth-order valence-corrected chi connectivity index (χ4v) is 3.16. The quantitative estimate of drug-likeness (QED) is 0.841. The topological polar surface area (TPSA) is 38.3 Å². The molecule has 20 heavy (non-hydrogen) atoms. The number of allylic oxidation sites excluding steroid dienone is 1. The van der Waals surface area contributed by atoms with Crippen LogP contribution in [0.1, 0.15) is 31.7 Å². The van der Waals surface area contributed by atoms with E-state index in [0.29, 0.717) is 15.6 Å². The number of rotatable bonds is 2. The van der Waals surface area contributed by atoms with Gasteiger partial charge in [0.15, 0.2) is 0 Å². The Morgan fingerprint density at radius 2 is 2.10 bits per heavy atom. The molecule has 0 saturated heterocycles. The van der Waals surface area contributed by atoms with Gasteiger partial charge in [0.25, 0.3) is 0 Å².